The van der Waals surface area contributed by atoms with E-state index in [2.05, 4.69) is 15.6 Å². The molecule has 1 aromatic heterocycles. The summed E-state index contributed by atoms with van der Waals surface area (Å²) in [6.07, 6.45) is 1.53. The zero-order chi connectivity index (χ0) is 35.6. The highest BCUT2D eigenvalue weighted by molar-refractivity contribution is 7.92. The Labute approximate surface area is 283 Å². The second-order valence-electron chi connectivity index (χ2n) is 12.1. The first-order valence-corrected chi connectivity index (χ1v) is 17.3. The van der Waals surface area contributed by atoms with E-state index in [1.54, 1.807) is 31.2 Å². The van der Waals surface area contributed by atoms with Crippen molar-refractivity contribution in [1.29, 1.82) is 0 Å². The van der Waals surface area contributed by atoms with Crippen LogP contribution in [-0.2, 0) is 24.2 Å². The Kier molecular flexibility index (Phi) is 10.1. The Morgan fingerprint density at radius 3 is 2.49 bits per heavy atom. The summed E-state index contributed by atoms with van der Waals surface area (Å²) in [6, 6.07) is 12.3. The third-order valence-electron chi connectivity index (χ3n) is 8.52. The molecular weight excluding hydrogens is 653 g/mol. The number of nitrogen functional groups attached to an aromatic ring is 1. The Bertz CT molecular complexity index is 2040. The van der Waals surface area contributed by atoms with Crippen LogP contribution in [0.1, 0.15) is 57.3 Å². The van der Waals surface area contributed by atoms with E-state index in [4.69, 9.17) is 10.5 Å². The summed E-state index contributed by atoms with van der Waals surface area (Å²) < 4.78 is 48.6. The number of nitrogens with zero attached hydrogens (tertiary/aromatic N) is 2. The summed E-state index contributed by atoms with van der Waals surface area (Å²) in [7, 11) is -4.00. The molecule has 3 aromatic carbocycles. The van der Waals surface area contributed by atoms with Gasteiger partial charge in [-0.3, -0.25) is 14.4 Å². The van der Waals surface area contributed by atoms with Crippen LogP contribution in [0.15, 0.2) is 71.8 Å². The third kappa shape index (κ3) is 7.14. The van der Waals surface area contributed by atoms with Gasteiger partial charge in [-0.05, 0) is 98.8 Å². The van der Waals surface area contributed by atoms with Crippen LogP contribution in [0.4, 0.5) is 21.6 Å². The van der Waals surface area contributed by atoms with Gasteiger partial charge in [0.15, 0.2) is 9.84 Å². The molecule has 4 aromatic rings. The summed E-state index contributed by atoms with van der Waals surface area (Å²) in [4.78, 5) is 44.7. The van der Waals surface area contributed by atoms with E-state index in [-0.39, 0.29) is 41.3 Å². The van der Waals surface area contributed by atoms with Gasteiger partial charge in [0.2, 0.25) is 11.8 Å². The minimum absolute atomic E-state index is 0.00624. The van der Waals surface area contributed by atoms with Crippen LogP contribution in [0, 0.1) is 11.7 Å². The SMILES string of the molecule is CCOc1ccc(F)c([C@@H](Nc2ccc3c(N)nccc3c2)C(=O)N2CCC(C(=O)O)C2c2cc(NC(C)=O)ccc2S(=O)(=O)C(C)C)c1. The molecule has 0 bridgehead atoms. The van der Waals surface area contributed by atoms with Gasteiger partial charge in [-0.1, -0.05) is 0 Å². The zero-order valence-corrected chi connectivity index (χ0v) is 28.3. The lowest BCUT2D eigenvalue weighted by molar-refractivity contribution is -0.143. The van der Waals surface area contributed by atoms with Gasteiger partial charge in [0.1, 0.15) is 23.4 Å². The predicted molar refractivity (Wildman–Crippen MR) is 183 cm³/mol. The minimum atomic E-state index is -4.00. The maximum atomic E-state index is 15.7. The van der Waals surface area contributed by atoms with E-state index < -0.39 is 56.7 Å². The summed E-state index contributed by atoms with van der Waals surface area (Å²) in [5, 5.41) is 16.6. The number of halogens is 1. The van der Waals surface area contributed by atoms with E-state index >= 15 is 4.39 Å². The van der Waals surface area contributed by atoms with Gasteiger partial charge >= 0.3 is 5.97 Å². The Balaban J connectivity index is 1.68. The number of anilines is 3. The van der Waals surface area contributed by atoms with Crippen molar-refractivity contribution in [3.8, 4) is 5.75 Å². The van der Waals surface area contributed by atoms with Crippen LogP contribution in [0.2, 0.25) is 0 Å². The van der Waals surface area contributed by atoms with Crippen molar-refractivity contribution in [3.05, 3.63) is 83.8 Å². The van der Waals surface area contributed by atoms with Gasteiger partial charge in [-0.25, -0.2) is 17.8 Å². The van der Waals surface area contributed by atoms with Crippen molar-refractivity contribution in [2.75, 3.05) is 29.5 Å². The van der Waals surface area contributed by atoms with Gasteiger partial charge in [-0.2, -0.15) is 0 Å². The second-order valence-corrected chi connectivity index (χ2v) is 14.5. The molecule has 14 heteroatoms. The molecule has 49 heavy (non-hydrogen) atoms. The van der Waals surface area contributed by atoms with Gasteiger partial charge in [0.05, 0.1) is 28.7 Å². The monoisotopic (exact) mass is 691 g/mol. The number of nitrogens with two attached hydrogens (primary N) is 1. The molecule has 1 fully saturated rings. The normalized spacial score (nSPS) is 16.8. The number of hydrogen-bond donors (Lipinski definition) is 4. The third-order valence-corrected chi connectivity index (χ3v) is 10.7. The molecule has 1 aliphatic rings. The summed E-state index contributed by atoms with van der Waals surface area (Å²) >= 11 is 0. The molecule has 0 saturated carbocycles. The summed E-state index contributed by atoms with van der Waals surface area (Å²) in [5.41, 5.74) is 6.66. The number of pyridine rings is 1. The Hall–Kier alpha value is -5.24. The number of amides is 2. The van der Waals surface area contributed by atoms with E-state index in [1.165, 1.54) is 68.3 Å². The number of aromatic nitrogens is 1. The predicted octanol–water partition coefficient (Wildman–Crippen LogP) is 5.32. The number of carbonyl (C=O) groups is 3. The minimum Gasteiger partial charge on any atom is -0.494 e. The number of carbonyl (C=O) groups excluding carboxylic acids is 2. The lowest BCUT2D eigenvalue weighted by atomic mass is 9.92. The fraction of sp³-hybridized carbons (Fsp3) is 0.314. The molecule has 258 valence electrons. The Morgan fingerprint density at radius 1 is 1.08 bits per heavy atom. The van der Waals surface area contributed by atoms with Crippen LogP contribution < -0.4 is 21.1 Å². The van der Waals surface area contributed by atoms with Crippen molar-refractivity contribution >= 4 is 55.6 Å². The Morgan fingerprint density at radius 2 is 1.82 bits per heavy atom. The highest BCUT2D eigenvalue weighted by Crippen LogP contribution is 2.44. The molecule has 12 nitrogen and oxygen atoms in total. The summed E-state index contributed by atoms with van der Waals surface area (Å²) in [5.74, 6) is -3.69. The molecule has 5 rings (SSSR count). The highest BCUT2D eigenvalue weighted by Gasteiger charge is 2.46. The number of benzene rings is 3. The number of carboxylic acids is 1. The van der Waals surface area contributed by atoms with Gasteiger partial charge in [0, 0.05) is 42.0 Å². The van der Waals surface area contributed by atoms with Crippen molar-refractivity contribution in [2.45, 2.75) is 56.3 Å². The molecule has 2 heterocycles. The molecule has 0 aliphatic carbocycles. The second kappa shape index (κ2) is 14.1. The quantitative estimate of drug-likeness (QED) is 0.161. The molecule has 0 radical (unpaired) electrons. The number of ether oxygens (including phenoxy) is 1. The average Bonchev–Trinajstić information content (AvgIpc) is 3.50. The standard InChI is InChI=1S/C35H38FN5O7S/c1-5-48-24-8-10-29(36)27(18-24)31(40-22-6-9-25-21(16-22)12-14-38-33(25)37)34(43)41-15-13-26(35(44)45)32(41)28-17-23(39-20(4)42)7-11-30(28)49(46,47)19(2)3/h6-12,14,16-19,26,31-32,40H,5,13,15H2,1-4H3,(H2,37,38)(H,39,42)(H,44,45)/t26?,31-,32?/m1/s1. The van der Waals surface area contributed by atoms with Crippen LogP contribution in [0.25, 0.3) is 10.8 Å². The fourth-order valence-electron chi connectivity index (χ4n) is 6.15. The van der Waals surface area contributed by atoms with Crippen molar-refractivity contribution in [2.24, 2.45) is 5.92 Å². The topological polar surface area (TPSA) is 181 Å². The molecule has 2 unspecified atom stereocenters. The van der Waals surface area contributed by atoms with Gasteiger partial charge < -0.3 is 31.1 Å². The fourth-order valence-corrected chi connectivity index (χ4v) is 7.43. The first kappa shape index (κ1) is 35.1. The number of nitrogens with one attached hydrogen (secondary N) is 2. The number of likely N-dealkylation sites (tertiary alicyclic amines) is 1. The molecule has 0 spiro atoms. The molecule has 2 amide bonds. The zero-order valence-electron chi connectivity index (χ0n) is 27.4. The van der Waals surface area contributed by atoms with E-state index in [0.29, 0.717) is 28.0 Å². The van der Waals surface area contributed by atoms with Gasteiger partial charge in [-0.15, -0.1) is 0 Å². The largest absolute Gasteiger partial charge is 0.494 e. The molecule has 5 N–H and O–H groups in total. The molecule has 1 saturated heterocycles. The highest BCUT2D eigenvalue weighted by atomic mass is 32.2. The summed E-state index contributed by atoms with van der Waals surface area (Å²) in [6.45, 7) is 6.24. The van der Waals surface area contributed by atoms with Crippen molar-refractivity contribution in [3.63, 3.8) is 0 Å². The molecular formula is C35H38FN5O7S. The number of aliphatic carboxylic acids is 1. The van der Waals surface area contributed by atoms with E-state index in [0.717, 1.165) is 0 Å². The van der Waals surface area contributed by atoms with Crippen LogP contribution in [0.3, 0.4) is 0 Å². The van der Waals surface area contributed by atoms with Crippen molar-refractivity contribution in [1.82, 2.24) is 9.88 Å². The number of carboxylic acid groups (broad SMARTS) is 1. The van der Waals surface area contributed by atoms with Crippen LogP contribution in [0.5, 0.6) is 5.75 Å². The lowest BCUT2D eigenvalue weighted by Crippen LogP contribution is -2.40. The van der Waals surface area contributed by atoms with Crippen molar-refractivity contribution < 1.29 is 37.0 Å². The molecule has 1 aliphatic heterocycles. The maximum absolute atomic E-state index is 15.7. The maximum Gasteiger partial charge on any atom is 0.309 e. The smallest absolute Gasteiger partial charge is 0.309 e. The first-order chi connectivity index (χ1) is 23.2. The number of fused-ring (bicyclic) bond motifs is 1. The number of rotatable bonds is 11. The van der Waals surface area contributed by atoms with Crippen LogP contribution >= 0.6 is 0 Å². The van der Waals surface area contributed by atoms with Crippen LogP contribution in [-0.4, -0.2) is 59.6 Å². The van der Waals surface area contributed by atoms with E-state index in [9.17, 15) is 27.9 Å². The first-order valence-electron chi connectivity index (χ1n) is 15.7. The number of sulfone groups is 1. The van der Waals surface area contributed by atoms with E-state index in [1.807, 2.05) is 0 Å². The lowest BCUT2D eigenvalue weighted by Gasteiger charge is -2.33. The number of hydrogen-bond acceptors (Lipinski definition) is 9. The average molecular weight is 692 g/mol. The van der Waals surface area contributed by atoms with Gasteiger partial charge in [0.25, 0.3) is 0 Å². The molecule has 3 atom stereocenters.